The van der Waals surface area contributed by atoms with Crippen LogP contribution in [0.5, 0.6) is 0 Å². The topological polar surface area (TPSA) is 79.1 Å². The van der Waals surface area contributed by atoms with Crippen LogP contribution in [0.25, 0.3) is 0 Å². The van der Waals surface area contributed by atoms with Gasteiger partial charge in [-0.1, -0.05) is 12.1 Å². The van der Waals surface area contributed by atoms with Gasteiger partial charge in [0.1, 0.15) is 0 Å². The molecule has 1 unspecified atom stereocenters. The average Bonchev–Trinajstić information content (AvgIpc) is 2.16. The van der Waals surface area contributed by atoms with Crippen LogP contribution in [0.1, 0.15) is 0 Å². The van der Waals surface area contributed by atoms with Crippen molar-refractivity contribution in [2.75, 3.05) is 0 Å². The lowest BCUT2D eigenvalue weighted by atomic mass is 10.2. The Hall–Kier alpha value is -1.75. The SMILES string of the molecule is Cl.O=C(O)C1N=c2ccccc2=NC1=O. The van der Waals surface area contributed by atoms with E-state index >= 15 is 0 Å². The Morgan fingerprint density at radius 2 is 1.87 bits per heavy atom. The van der Waals surface area contributed by atoms with Gasteiger partial charge in [-0.25, -0.2) is 9.79 Å². The number of halogens is 1. The fourth-order valence-corrected chi connectivity index (χ4v) is 1.20. The number of carbonyl (C=O) groups is 2. The van der Waals surface area contributed by atoms with Gasteiger partial charge in [-0.3, -0.25) is 9.79 Å². The number of aliphatic carboxylic acids is 1. The van der Waals surface area contributed by atoms with Crippen molar-refractivity contribution in [1.29, 1.82) is 0 Å². The third-order valence-corrected chi connectivity index (χ3v) is 1.85. The summed E-state index contributed by atoms with van der Waals surface area (Å²) >= 11 is 0. The van der Waals surface area contributed by atoms with Crippen LogP contribution < -0.4 is 10.7 Å². The fraction of sp³-hybridized carbons (Fsp3) is 0.111. The molecule has 1 aromatic rings. The molecular weight excluding hydrogens is 220 g/mol. The number of rotatable bonds is 1. The summed E-state index contributed by atoms with van der Waals surface area (Å²) in [4.78, 5) is 29.2. The van der Waals surface area contributed by atoms with Crippen molar-refractivity contribution in [3.8, 4) is 0 Å². The first-order chi connectivity index (χ1) is 6.68. The normalized spacial score (nSPS) is 17.9. The monoisotopic (exact) mass is 226 g/mol. The number of fused-ring (bicyclic) bond motifs is 1. The van der Waals surface area contributed by atoms with Gasteiger partial charge < -0.3 is 5.11 Å². The summed E-state index contributed by atoms with van der Waals surface area (Å²) < 4.78 is 0. The predicted molar refractivity (Wildman–Crippen MR) is 52.4 cm³/mol. The Labute approximate surface area is 90.6 Å². The molecule has 1 aliphatic heterocycles. The molecule has 78 valence electrons. The van der Waals surface area contributed by atoms with Crippen molar-refractivity contribution < 1.29 is 14.7 Å². The zero-order valence-corrected chi connectivity index (χ0v) is 8.27. The van der Waals surface area contributed by atoms with Crippen LogP contribution in [-0.4, -0.2) is 23.0 Å². The predicted octanol–water partition coefficient (Wildman–Crippen LogP) is -0.659. The van der Waals surface area contributed by atoms with E-state index in [0.29, 0.717) is 10.7 Å². The second-order valence-corrected chi connectivity index (χ2v) is 2.81. The van der Waals surface area contributed by atoms with Crippen LogP contribution in [0.15, 0.2) is 34.3 Å². The number of amides is 1. The largest absolute Gasteiger partial charge is 0.479 e. The van der Waals surface area contributed by atoms with Crippen molar-refractivity contribution in [2.24, 2.45) is 9.98 Å². The van der Waals surface area contributed by atoms with E-state index in [4.69, 9.17) is 5.11 Å². The molecule has 1 aromatic carbocycles. The van der Waals surface area contributed by atoms with Gasteiger partial charge in [0.2, 0.25) is 6.04 Å². The number of nitrogens with zero attached hydrogens (tertiary/aromatic N) is 2. The van der Waals surface area contributed by atoms with Gasteiger partial charge in [0.15, 0.2) is 0 Å². The molecule has 15 heavy (non-hydrogen) atoms. The van der Waals surface area contributed by atoms with Crippen LogP contribution in [0.4, 0.5) is 0 Å². The molecule has 0 fully saturated rings. The Bertz CT molecular complexity index is 526. The molecular formula is C9H7ClN2O3. The van der Waals surface area contributed by atoms with Crippen molar-refractivity contribution in [1.82, 2.24) is 0 Å². The maximum atomic E-state index is 11.2. The van der Waals surface area contributed by atoms with Crippen molar-refractivity contribution >= 4 is 24.3 Å². The lowest BCUT2D eigenvalue weighted by Gasteiger charge is -2.05. The van der Waals surface area contributed by atoms with Crippen LogP contribution in [0.2, 0.25) is 0 Å². The summed E-state index contributed by atoms with van der Waals surface area (Å²) in [6, 6.07) is 5.29. The molecule has 0 bridgehead atoms. The fourth-order valence-electron chi connectivity index (χ4n) is 1.20. The van der Waals surface area contributed by atoms with Crippen LogP contribution >= 0.6 is 12.4 Å². The molecule has 0 saturated carbocycles. The van der Waals surface area contributed by atoms with E-state index < -0.39 is 17.9 Å². The van der Waals surface area contributed by atoms with Crippen LogP contribution in [0, 0.1) is 0 Å². The molecule has 0 saturated heterocycles. The van der Waals surface area contributed by atoms with E-state index in [2.05, 4.69) is 9.98 Å². The highest BCUT2D eigenvalue weighted by Gasteiger charge is 2.26. The number of para-hydroxylation sites is 2. The van der Waals surface area contributed by atoms with Gasteiger partial charge in [0.25, 0.3) is 5.91 Å². The van der Waals surface area contributed by atoms with Crippen molar-refractivity contribution in [3.05, 3.63) is 35.0 Å². The molecule has 0 radical (unpaired) electrons. The summed E-state index contributed by atoms with van der Waals surface area (Å²) in [7, 11) is 0. The quantitative estimate of drug-likeness (QED) is 0.646. The molecule has 1 aliphatic rings. The first kappa shape index (κ1) is 11.3. The Kier molecular flexibility index (Phi) is 3.16. The van der Waals surface area contributed by atoms with Gasteiger partial charge in [0, 0.05) is 0 Å². The third-order valence-electron chi connectivity index (χ3n) is 1.85. The summed E-state index contributed by atoms with van der Waals surface area (Å²) in [5.41, 5.74) is 0. The molecule has 1 N–H and O–H groups in total. The number of carboxylic acids is 1. The van der Waals surface area contributed by atoms with E-state index in [-0.39, 0.29) is 12.4 Å². The number of carboxylic acid groups (broad SMARTS) is 1. The van der Waals surface area contributed by atoms with Gasteiger partial charge in [0.05, 0.1) is 10.7 Å². The maximum Gasteiger partial charge on any atom is 0.338 e. The zero-order chi connectivity index (χ0) is 10.1. The minimum atomic E-state index is -1.38. The maximum absolute atomic E-state index is 11.2. The van der Waals surface area contributed by atoms with E-state index in [0.717, 1.165) is 0 Å². The highest BCUT2D eigenvalue weighted by atomic mass is 35.5. The standard InChI is InChI=1S/C9H6N2O3.ClH/c12-8-7(9(13)14)10-5-3-1-2-4-6(5)11-8;/h1-4,7H,(H,13,14);1H. The first-order valence-corrected chi connectivity index (χ1v) is 3.97. The molecule has 1 heterocycles. The van der Waals surface area contributed by atoms with E-state index in [1.165, 1.54) is 0 Å². The van der Waals surface area contributed by atoms with E-state index in [9.17, 15) is 9.59 Å². The number of hydrogen-bond donors (Lipinski definition) is 1. The highest BCUT2D eigenvalue weighted by Crippen LogP contribution is 1.95. The average molecular weight is 227 g/mol. The summed E-state index contributed by atoms with van der Waals surface area (Å²) in [6.45, 7) is 0. The summed E-state index contributed by atoms with van der Waals surface area (Å²) in [5.74, 6) is -2.00. The number of carbonyl (C=O) groups excluding carboxylic acids is 1. The third kappa shape index (κ3) is 2.02. The van der Waals surface area contributed by atoms with Gasteiger partial charge in [-0.2, -0.15) is 0 Å². The van der Waals surface area contributed by atoms with Gasteiger partial charge in [-0.15, -0.1) is 12.4 Å². The molecule has 6 heteroatoms. The molecule has 0 spiro atoms. The zero-order valence-electron chi connectivity index (χ0n) is 7.45. The summed E-state index contributed by atoms with van der Waals surface area (Å²) in [6.07, 6.45) is 0. The van der Waals surface area contributed by atoms with Crippen LogP contribution in [-0.2, 0) is 9.59 Å². The minimum absolute atomic E-state index is 0. The Morgan fingerprint density at radius 3 is 2.47 bits per heavy atom. The molecule has 5 nitrogen and oxygen atoms in total. The Morgan fingerprint density at radius 1 is 1.27 bits per heavy atom. The number of benzene rings is 1. The van der Waals surface area contributed by atoms with Crippen molar-refractivity contribution in [2.45, 2.75) is 6.04 Å². The van der Waals surface area contributed by atoms with Gasteiger partial charge in [-0.05, 0) is 12.1 Å². The van der Waals surface area contributed by atoms with Gasteiger partial charge >= 0.3 is 5.97 Å². The first-order valence-electron chi connectivity index (χ1n) is 3.97. The highest BCUT2D eigenvalue weighted by molar-refractivity contribution is 6.02. The smallest absolute Gasteiger partial charge is 0.338 e. The molecule has 1 atom stereocenters. The molecule has 0 aromatic heterocycles. The van der Waals surface area contributed by atoms with E-state index in [1.807, 2.05) is 0 Å². The second-order valence-electron chi connectivity index (χ2n) is 2.81. The second kappa shape index (κ2) is 4.18. The molecule has 1 amide bonds. The minimum Gasteiger partial charge on any atom is -0.479 e. The van der Waals surface area contributed by atoms with E-state index in [1.54, 1.807) is 24.3 Å². The molecule has 0 aliphatic carbocycles. The van der Waals surface area contributed by atoms with Crippen molar-refractivity contribution in [3.63, 3.8) is 0 Å². The lowest BCUT2D eigenvalue weighted by Crippen LogP contribution is -2.40. The van der Waals surface area contributed by atoms with Crippen LogP contribution in [0.3, 0.4) is 0 Å². The Balaban J connectivity index is 0.00000112. The number of hydrogen-bond acceptors (Lipinski definition) is 3. The summed E-state index contributed by atoms with van der Waals surface area (Å²) in [5, 5.41) is 9.53. The lowest BCUT2D eigenvalue weighted by molar-refractivity contribution is -0.142. The molecule has 2 rings (SSSR count).